The molecule has 0 saturated carbocycles. The van der Waals surface area contributed by atoms with Gasteiger partial charge in [0.05, 0.1) is 5.92 Å². The number of benzene rings is 1. The molecule has 1 aliphatic rings. The van der Waals surface area contributed by atoms with E-state index in [0.717, 1.165) is 12.6 Å². The summed E-state index contributed by atoms with van der Waals surface area (Å²) in [6, 6.07) is 3.33. The molecular weight excluding hydrogens is 276 g/mol. The lowest BCUT2D eigenvalue weighted by Crippen LogP contribution is -2.23. The normalized spacial score (nSPS) is 23.1. The van der Waals surface area contributed by atoms with Crippen LogP contribution in [0.3, 0.4) is 0 Å². The fourth-order valence-corrected chi connectivity index (χ4v) is 2.51. The van der Waals surface area contributed by atoms with E-state index in [4.69, 9.17) is 0 Å². The standard InChI is InChI=1S/C13H15F2NO2.ClH/c1-2-16-6-10(11(7-16)13(17)18)9-4-3-8(14)5-12(9)15;/h3-5,10-11H,2,6-7H2,1H3,(H,17,18);1H/t10-,11+;/m0./s1. The predicted octanol–water partition coefficient (Wildman–Crippen LogP) is 2.51. The van der Waals surface area contributed by atoms with Gasteiger partial charge in [-0.3, -0.25) is 4.79 Å². The monoisotopic (exact) mass is 291 g/mol. The van der Waals surface area contributed by atoms with Crippen molar-refractivity contribution in [3.05, 3.63) is 35.4 Å². The zero-order chi connectivity index (χ0) is 13.3. The molecule has 0 unspecified atom stereocenters. The number of carboxylic acid groups (broad SMARTS) is 1. The Balaban J connectivity index is 0.00000180. The van der Waals surface area contributed by atoms with E-state index in [1.807, 2.05) is 11.8 Å². The van der Waals surface area contributed by atoms with Crippen LogP contribution in [0.5, 0.6) is 0 Å². The van der Waals surface area contributed by atoms with E-state index < -0.39 is 29.4 Å². The van der Waals surface area contributed by atoms with Gasteiger partial charge in [0.25, 0.3) is 0 Å². The molecule has 0 aromatic heterocycles. The molecule has 19 heavy (non-hydrogen) atoms. The maximum absolute atomic E-state index is 13.7. The van der Waals surface area contributed by atoms with Crippen LogP contribution in [-0.4, -0.2) is 35.6 Å². The quantitative estimate of drug-likeness (QED) is 0.930. The lowest BCUT2D eigenvalue weighted by atomic mass is 9.88. The third kappa shape index (κ3) is 3.22. The lowest BCUT2D eigenvalue weighted by molar-refractivity contribution is -0.141. The van der Waals surface area contributed by atoms with Gasteiger partial charge in [-0.25, -0.2) is 8.78 Å². The number of likely N-dealkylation sites (N-methyl/N-ethyl adjacent to an activating group) is 1. The molecular formula is C13H16ClF2NO2. The van der Waals surface area contributed by atoms with E-state index in [1.165, 1.54) is 12.1 Å². The average molecular weight is 292 g/mol. The van der Waals surface area contributed by atoms with Gasteiger partial charge in [-0.1, -0.05) is 13.0 Å². The van der Waals surface area contributed by atoms with Gasteiger partial charge in [0.1, 0.15) is 11.6 Å². The Kier molecular flexibility index (Phi) is 5.26. The number of aliphatic carboxylic acids is 1. The summed E-state index contributed by atoms with van der Waals surface area (Å²) in [6.45, 7) is 3.56. The van der Waals surface area contributed by atoms with Crippen LogP contribution in [0.25, 0.3) is 0 Å². The zero-order valence-corrected chi connectivity index (χ0v) is 11.3. The van der Waals surface area contributed by atoms with Crippen molar-refractivity contribution >= 4 is 18.4 Å². The molecule has 0 bridgehead atoms. The molecule has 1 heterocycles. The molecule has 1 aromatic rings. The molecule has 6 heteroatoms. The molecule has 2 atom stereocenters. The number of likely N-dealkylation sites (tertiary alicyclic amines) is 1. The lowest BCUT2D eigenvalue weighted by Gasteiger charge is -2.16. The SMILES string of the molecule is CCN1C[C@@H](C(=O)O)[C@H](c2ccc(F)cc2F)C1.Cl. The van der Waals surface area contributed by atoms with Gasteiger partial charge in [0.15, 0.2) is 0 Å². The number of rotatable bonds is 3. The Morgan fingerprint density at radius 3 is 2.63 bits per heavy atom. The summed E-state index contributed by atoms with van der Waals surface area (Å²) < 4.78 is 26.6. The topological polar surface area (TPSA) is 40.5 Å². The average Bonchev–Trinajstić information content (AvgIpc) is 2.73. The minimum atomic E-state index is -0.931. The van der Waals surface area contributed by atoms with Gasteiger partial charge >= 0.3 is 5.97 Å². The third-order valence-corrected chi connectivity index (χ3v) is 3.52. The number of halogens is 3. The molecule has 0 amide bonds. The van der Waals surface area contributed by atoms with Crippen LogP contribution in [0.15, 0.2) is 18.2 Å². The van der Waals surface area contributed by atoms with Crippen LogP contribution in [0, 0.1) is 17.6 Å². The molecule has 0 spiro atoms. The zero-order valence-electron chi connectivity index (χ0n) is 10.5. The fraction of sp³-hybridized carbons (Fsp3) is 0.462. The second-order valence-electron chi connectivity index (χ2n) is 4.57. The van der Waals surface area contributed by atoms with Gasteiger partial charge in [0, 0.05) is 25.1 Å². The van der Waals surface area contributed by atoms with E-state index in [9.17, 15) is 18.7 Å². The molecule has 2 rings (SSSR count). The highest BCUT2D eigenvalue weighted by Gasteiger charge is 2.39. The Bertz CT molecular complexity index is 470. The maximum Gasteiger partial charge on any atom is 0.308 e. The maximum atomic E-state index is 13.7. The summed E-state index contributed by atoms with van der Waals surface area (Å²) in [6.07, 6.45) is 0. The van der Waals surface area contributed by atoms with E-state index >= 15 is 0 Å². The minimum Gasteiger partial charge on any atom is -0.481 e. The Morgan fingerprint density at radius 1 is 1.42 bits per heavy atom. The van der Waals surface area contributed by atoms with Crippen molar-refractivity contribution in [3.8, 4) is 0 Å². The first-order chi connectivity index (χ1) is 8.52. The molecule has 1 fully saturated rings. The van der Waals surface area contributed by atoms with Crippen molar-refractivity contribution in [2.24, 2.45) is 5.92 Å². The van der Waals surface area contributed by atoms with E-state index in [0.29, 0.717) is 18.7 Å². The van der Waals surface area contributed by atoms with E-state index in [1.54, 1.807) is 0 Å². The van der Waals surface area contributed by atoms with Crippen molar-refractivity contribution in [1.82, 2.24) is 4.90 Å². The summed E-state index contributed by atoms with van der Waals surface area (Å²) in [5, 5.41) is 9.18. The molecule has 1 aromatic carbocycles. The summed E-state index contributed by atoms with van der Waals surface area (Å²) >= 11 is 0. The van der Waals surface area contributed by atoms with Gasteiger partial charge in [-0.15, -0.1) is 12.4 Å². The number of hydrogen-bond acceptors (Lipinski definition) is 2. The van der Waals surface area contributed by atoms with Crippen molar-refractivity contribution in [3.63, 3.8) is 0 Å². The van der Waals surface area contributed by atoms with Crippen LogP contribution in [-0.2, 0) is 4.79 Å². The van der Waals surface area contributed by atoms with Gasteiger partial charge in [0.2, 0.25) is 0 Å². The van der Waals surface area contributed by atoms with Crippen LogP contribution >= 0.6 is 12.4 Å². The first-order valence-electron chi connectivity index (χ1n) is 5.93. The summed E-state index contributed by atoms with van der Waals surface area (Å²) in [5.41, 5.74) is 0.291. The van der Waals surface area contributed by atoms with Crippen LogP contribution in [0.4, 0.5) is 8.78 Å². The molecule has 3 nitrogen and oxygen atoms in total. The molecule has 1 N–H and O–H groups in total. The third-order valence-electron chi connectivity index (χ3n) is 3.52. The summed E-state index contributed by atoms with van der Waals surface area (Å²) in [4.78, 5) is 13.2. The molecule has 1 aliphatic heterocycles. The van der Waals surface area contributed by atoms with E-state index in [2.05, 4.69) is 0 Å². The van der Waals surface area contributed by atoms with Crippen molar-refractivity contribution in [1.29, 1.82) is 0 Å². The molecule has 106 valence electrons. The Labute approximate surface area is 116 Å². The number of carboxylic acids is 1. The van der Waals surface area contributed by atoms with Crippen LogP contribution < -0.4 is 0 Å². The second-order valence-corrected chi connectivity index (χ2v) is 4.57. The van der Waals surface area contributed by atoms with Gasteiger partial charge < -0.3 is 10.0 Å². The van der Waals surface area contributed by atoms with Gasteiger partial charge in [-0.2, -0.15) is 0 Å². The molecule has 1 saturated heterocycles. The summed E-state index contributed by atoms with van der Waals surface area (Å²) in [7, 11) is 0. The minimum absolute atomic E-state index is 0. The van der Waals surface area contributed by atoms with Crippen LogP contribution in [0.1, 0.15) is 18.4 Å². The molecule has 0 radical (unpaired) electrons. The Morgan fingerprint density at radius 2 is 2.11 bits per heavy atom. The number of hydrogen-bond donors (Lipinski definition) is 1. The number of carbonyl (C=O) groups is 1. The van der Waals surface area contributed by atoms with Gasteiger partial charge in [-0.05, 0) is 18.2 Å². The van der Waals surface area contributed by atoms with E-state index in [-0.39, 0.29) is 12.4 Å². The number of nitrogens with zero attached hydrogens (tertiary/aromatic N) is 1. The molecule has 0 aliphatic carbocycles. The predicted molar refractivity (Wildman–Crippen MR) is 69.6 cm³/mol. The first-order valence-corrected chi connectivity index (χ1v) is 5.93. The first kappa shape index (κ1) is 15.9. The second kappa shape index (κ2) is 6.30. The highest BCUT2D eigenvalue weighted by atomic mass is 35.5. The largest absolute Gasteiger partial charge is 0.481 e. The fourth-order valence-electron chi connectivity index (χ4n) is 2.51. The Hall–Kier alpha value is -1.20. The van der Waals surface area contributed by atoms with Crippen molar-refractivity contribution in [2.75, 3.05) is 19.6 Å². The summed E-state index contributed by atoms with van der Waals surface area (Å²) in [5.74, 6) is -3.29. The highest BCUT2D eigenvalue weighted by molar-refractivity contribution is 5.85. The van der Waals surface area contributed by atoms with Crippen molar-refractivity contribution < 1.29 is 18.7 Å². The van der Waals surface area contributed by atoms with Crippen LogP contribution in [0.2, 0.25) is 0 Å². The van der Waals surface area contributed by atoms with Crippen molar-refractivity contribution in [2.45, 2.75) is 12.8 Å². The highest BCUT2D eigenvalue weighted by Crippen LogP contribution is 2.34. The smallest absolute Gasteiger partial charge is 0.308 e.